The van der Waals surface area contributed by atoms with Gasteiger partial charge in [0.15, 0.2) is 5.78 Å². The molecular weight excluding hydrogens is 292 g/mol. The fourth-order valence-electron chi connectivity index (χ4n) is 2.13. The van der Waals surface area contributed by atoms with Crippen LogP contribution in [-0.2, 0) is 4.79 Å². The van der Waals surface area contributed by atoms with Crippen LogP contribution in [0, 0.1) is 0 Å². The Morgan fingerprint density at radius 1 is 1.04 bits per heavy atom. The SMILES string of the molecule is CCOc1ccc(NC(=O)CNc2ccccc2C(C)=O)cc1. The fraction of sp³-hybridized carbons (Fsp3) is 0.222. The number of ether oxygens (including phenoxy) is 1. The second-order valence-corrected chi connectivity index (χ2v) is 4.96. The predicted molar refractivity (Wildman–Crippen MR) is 91.2 cm³/mol. The summed E-state index contributed by atoms with van der Waals surface area (Å²) in [7, 11) is 0. The zero-order valence-electron chi connectivity index (χ0n) is 13.3. The van der Waals surface area contributed by atoms with Gasteiger partial charge >= 0.3 is 0 Å². The largest absolute Gasteiger partial charge is 0.494 e. The van der Waals surface area contributed by atoms with Gasteiger partial charge in [-0.05, 0) is 50.2 Å². The monoisotopic (exact) mass is 312 g/mol. The minimum Gasteiger partial charge on any atom is -0.494 e. The van der Waals surface area contributed by atoms with Crippen LogP contribution < -0.4 is 15.4 Å². The molecular formula is C18H20N2O3. The molecule has 0 radical (unpaired) electrons. The Hall–Kier alpha value is -2.82. The van der Waals surface area contributed by atoms with Crippen molar-refractivity contribution in [3.63, 3.8) is 0 Å². The molecule has 0 unspecified atom stereocenters. The van der Waals surface area contributed by atoms with E-state index in [4.69, 9.17) is 4.74 Å². The highest BCUT2D eigenvalue weighted by Crippen LogP contribution is 2.17. The van der Waals surface area contributed by atoms with Gasteiger partial charge in [-0.1, -0.05) is 12.1 Å². The van der Waals surface area contributed by atoms with Crippen molar-refractivity contribution in [2.45, 2.75) is 13.8 Å². The number of nitrogens with one attached hydrogen (secondary N) is 2. The van der Waals surface area contributed by atoms with Gasteiger partial charge in [-0.15, -0.1) is 0 Å². The summed E-state index contributed by atoms with van der Waals surface area (Å²) in [6.07, 6.45) is 0. The van der Waals surface area contributed by atoms with E-state index in [1.54, 1.807) is 42.5 Å². The summed E-state index contributed by atoms with van der Waals surface area (Å²) in [6, 6.07) is 14.3. The van der Waals surface area contributed by atoms with Crippen LogP contribution in [-0.4, -0.2) is 24.8 Å². The van der Waals surface area contributed by atoms with Gasteiger partial charge in [-0.2, -0.15) is 0 Å². The third-order valence-electron chi connectivity index (χ3n) is 3.19. The number of ketones is 1. The number of rotatable bonds is 7. The van der Waals surface area contributed by atoms with Crippen molar-refractivity contribution in [2.24, 2.45) is 0 Å². The Labute approximate surface area is 135 Å². The van der Waals surface area contributed by atoms with Crippen LogP contribution in [0.5, 0.6) is 5.75 Å². The van der Waals surface area contributed by atoms with E-state index < -0.39 is 0 Å². The highest BCUT2D eigenvalue weighted by Gasteiger charge is 2.08. The van der Waals surface area contributed by atoms with E-state index in [-0.39, 0.29) is 18.2 Å². The Morgan fingerprint density at radius 2 is 1.74 bits per heavy atom. The van der Waals surface area contributed by atoms with E-state index in [9.17, 15) is 9.59 Å². The zero-order chi connectivity index (χ0) is 16.7. The Balaban J connectivity index is 1.91. The van der Waals surface area contributed by atoms with E-state index in [1.807, 2.05) is 13.0 Å². The normalized spacial score (nSPS) is 10.0. The number of amides is 1. The molecule has 0 heterocycles. The average Bonchev–Trinajstić information content (AvgIpc) is 2.55. The molecule has 0 aliphatic heterocycles. The van der Waals surface area contributed by atoms with Crippen molar-refractivity contribution in [1.29, 1.82) is 0 Å². The molecule has 0 aliphatic rings. The lowest BCUT2D eigenvalue weighted by Crippen LogP contribution is -2.22. The van der Waals surface area contributed by atoms with Crippen LogP contribution in [0.15, 0.2) is 48.5 Å². The molecule has 0 saturated heterocycles. The lowest BCUT2D eigenvalue weighted by molar-refractivity contribution is -0.114. The minimum atomic E-state index is -0.187. The molecule has 120 valence electrons. The number of hydrogen-bond acceptors (Lipinski definition) is 4. The highest BCUT2D eigenvalue weighted by atomic mass is 16.5. The zero-order valence-corrected chi connectivity index (χ0v) is 13.3. The van der Waals surface area contributed by atoms with E-state index in [0.717, 1.165) is 5.75 Å². The number of anilines is 2. The van der Waals surface area contributed by atoms with Crippen LogP contribution in [0.2, 0.25) is 0 Å². The molecule has 0 saturated carbocycles. The molecule has 0 atom stereocenters. The summed E-state index contributed by atoms with van der Waals surface area (Å²) in [4.78, 5) is 23.5. The topological polar surface area (TPSA) is 67.4 Å². The summed E-state index contributed by atoms with van der Waals surface area (Å²) in [6.45, 7) is 4.10. The van der Waals surface area contributed by atoms with Crippen LogP contribution in [0.25, 0.3) is 0 Å². The van der Waals surface area contributed by atoms with Gasteiger partial charge in [0.1, 0.15) is 5.75 Å². The first-order valence-corrected chi connectivity index (χ1v) is 7.46. The number of Topliss-reactive ketones (excluding diaryl/α,β-unsaturated/α-hetero) is 1. The van der Waals surface area contributed by atoms with Gasteiger partial charge in [0, 0.05) is 16.9 Å². The van der Waals surface area contributed by atoms with Crippen LogP contribution in [0.3, 0.4) is 0 Å². The van der Waals surface area contributed by atoms with Gasteiger partial charge in [0.05, 0.1) is 13.2 Å². The van der Waals surface area contributed by atoms with Gasteiger partial charge in [0.25, 0.3) is 0 Å². The molecule has 23 heavy (non-hydrogen) atoms. The molecule has 2 aromatic rings. The number of para-hydroxylation sites is 1. The summed E-state index contributed by atoms with van der Waals surface area (Å²) in [5, 5.41) is 5.78. The van der Waals surface area contributed by atoms with Crippen molar-refractivity contribution in [3.05, 3.63) is 54.1 Å². The molecule has 0 spiro atoms. The van der Waals surface area contributed by atoms with Crippen molar-refractivity contribution in [2.75, 3.05) is 23.8 Å². The molecule has 2 N–H and O–H groups in total. The quantitative estimate of drug-likeness (QED) is 0.770. The highest BCUT2D eigenvalue weighted by molar-refractivity contribution is 6.00. The number of carbonyl (C=O) groups is 2. The van der Waals surface area contributed by atoms with Crippen LogP contribution in [0.4, 0.5) is 11.4 Å². The molecule has 0 fully saturated rings. The average molecular weight is 312 g/mol. The van der Waals surface area contributed by atoms with Crippen molar-refractivity contribution < 1.29 is 14.3 Å². The van der Waals surface area contributed by atoms with E-state index in [0.29, 0.717) is 23.5 Å². The predicted octanol–water partition coefficient (Wildman–Crippen LogP) is 3.34. The van der Waals surface area contributed by atoms with Crippen LogP contribution >= 0.6 is 0 Å². The van der Waals surface area contributed by atoms with E-state index >= 15 is 0 Å². The first kappa shape index (κ1) is 16.5. The van der Waals surface area contributed by atoms with Crippen molar-refractivity contribution in [1.82, 2.24) is 0 Å². The third-order valence-corrected chi connectivity index (χ3v) is 3.19. The maximum Gasteiger partial charge on any atom is 0.243 e. The summed E-state index contributed by atoms with van der Waals surface area (Å²) < 4.78 is 5.35. The first-order chi connectivity index (χ1) is 11.1. The molecule has 2 aromatic carbocycles. The number of hydrogen-bond donors (Lipinski definition) is 2. The molecule has 5 heteroatoms. The van der Waals surface area contributed by atoms with Crippen LogP contribution in [0.1, 0.15) is 24.2 Å². The Kier molecular flexibility index (Phi) is 5.74. The first-order valence-electron chi connectivity index (χ1n) is 7.46. The van der Waals surface area contributed by atoms with E-state index in [1.165, 1.54) is 6.92 Å². The van der Waals surface area contributed by atoms with Gasteiger partial charge in [-0.25, -0.2) is 0 Å². The van der Waals surface area contributed by atoms with E-state index in [2.05, 4.69) is 10.6 Å². The number of carbonyl (C=O) groups excluding carboxylic acids is 2. The van der Waals surface area contributed by atoms with Crippen molar-refractivity contribution in [3.8, 4) is 5.75 Å². The molecule has 1 amide bonds. The summed E-state index contributed by atoms with van der Waals surface area (Å²) >= 11 is 0. The second-order valence-electron chi connectivity index (χ2n) is 4.96. The lowest BCUT2D eigenvalue weighted by atomic mass is 10.1. The van der Waals surface area contributed by atoms with Gasteiger partial charge in [0.2, 0.25) is 5.91 Å². The summed E-state index contributed by atoms with van der Waals surface area (Å²) in [5.74, 6) is 0.534. The standard InChI is InChI=1S/C18H20N2O3/c1-3-23-15-10-8-14(9-11-15)20-18(22)12-19-17-7-5-4-6-16(17)13(2)21/h4-11,19H,3,12H2,1-2H3,(H,20,22). The Morgan fingerprint density at radius 3 is 2.39 bits per heavy atom. The minimum absolute atomic E-state index is 0.0416. The maximum atomic E-state index is 12.0. The molecule has 2 rings (SSSR count). The lowest BCUT2D eigenvalue weighted by Gasteiger charge is -2.11. The molecule has 0 aliphatic carbocycles. The number of benzene rings is 2. The second kappa shape index (κ2) is 7.98. The molecule has 5 nitrogen and oxygen atoms in total. The van der Waals surface area contributed by atoms with Gasteiger partial charge < -0.3 is 15.4 Å². The smallest absolute Gasteiger partial charge is 0.243 e. The van der Waals surface area contributed by atoms with Gasteiger partial charge in [-0.3, -0.25) is 9.59 Å². The summed E-state index contributed by atoms with van der Waals surface area (Å²) in [5.41, 5.74) is 1.92. The molecule has 0 aromatic heterocycles. The van der Waals surface area contributed by atoms with Crippen molar-refractivity contribution >= 4 is 23.1 Å². The Bertz CT molecular complexity index is 681. The maximum absolute atomic E-state index is 12.0. The third kappa shape index (κ3) is 4.85. The fourth-order valence-corrected chi connectivity index (χ4v) is 2.13. The molecule has 0 bridgehead atoms.